The monoisotopic (exact) mass is 288 g/mol. The molecule has 4 heteroatoms. The Hall–Kier alpha value is -0.730. The molecule has 0 atom stereocenters. The minimum absolute atomic E-state index is 0.277. The second-order valence-electron chi connectivity index (χ2n) is 4.92. The van der Waals surface area contributed by atoms with Crippen LogP contribution in [0.2, 0.25) is 5.02 Å². The van der Waals surface area contributed by atoms with Crippen molar-refractivity contribution < 1.29 is 9.53 Å². The molecule has 18 heavy (non-hydrogen) atoms. The van der Waals surface area contributed by atoms with E-state index < -0.39 is 5.41 Å². The van der Waals surface area contributed by atoms with Crippen molar-refractivity contribution in [1.29, 1.82) is 0 Å². The van der Waals surface area contributed by atoms with Crippen molar-refractivity contribution in [3.05, 3.63) is 29.3 Å². The van der Waals surface area contributed by atoms with Crippen LogP contribution < -0.4 is 4.74 Å². The Balaban J connectivity index is 2.20. The molecule has 0 N–H and O–H groups in total. The average molecular weight is 289 g/mol. The average Bonchev–Trinajstić information content (AvgIpc) is 2.31. The summed E-state index contributed by atoms with van der Waals surface area (Å²) in [5.41, 5.74) is -0.443. The number of carbonyl (C=O) groups is 1. The van der Waals surface area contributed by atoms with Crippen LogP contribution in [-0.4, -0.2) is 11.8 Å². The SMILES string of the molecule is CC(C)(CCCCOc1ccc(Cl)cc1)C(=O)Cl. The lowest BCUT2D eigenvalue weighted by Gasteiger charge is -2.18. The van der Waals surface area contributed by atoms with Gasteiger partial charge in [0.1, 0.15) is 5.75 Å². The minimum atomic E-state index is -0.443. The first-order valence-corrected chi connectivity index (χ1v) is 6.76. The number of hydrogen-bond donors (Lipinski definition) is 0. The topological polar surface area (TPSA) is 26.3 Å². The highest BCUT2D eigenvalue weighted by Crippen LogP contribution is 2.26. The quantitative estimate of drug-likeness (QED) is 0.538. The molecule has 100 valence electrons. The Kier molecular flexibility index (Phi) is 5.97. The standard InChI is InChI=1S/C14H18Cl2O2/c1-14(2,13(16)17)9-3-4-10-18-12-7-5-11(15)6-8-12/h5-8H,3-4,9-10H2,1-2H3. The zero-order valence-electron chi connectivity index (χ0n) is 10.7. The van der Waals surface area contributed by atoms with Gasteiger partial charge in [0.05, 0.1) is 6.61 Å². The normalized spacial score (nSPS) is 11.3. The van der Waals surface area contributed by atoms with Gasteiger partial charge >= 0.3 is 0 Å². The van der Waals surface area contributed by atoms with Crippen LogP contribution >= 0.6 is 23.2 Å². The van der Waals surface area contributed by atoms with E-state index in [2.05, 4.69) is 0 Å². The highest BCUT2D eigenvalue weighted by atomic mass is 35.5. The summed E-state index contributed by atoms with van der Waals surface area (Å²) < 4.78 is 5.56. The van der Waals surface area contributed by atoms with Crippen LogP contribution in [0, 0.1) is 5.41 Å². The summed E-state index contributed by atoms with van der Waals surface area (Å²) in [6.45, 7) is 4.36. The highest BCUT2D eigenvalue weighted by Gasteiger charge is 2.24. The molecule has 1 aromatic carbocycles. The summed E-state index contributed by atoms with van der Waals surface area (Å²) >= 11 is 11.3. The molecule has 0 saturated heterocycles. The van der Waals surface area contributed by atoms with E-state index in [0.29, 0.717) is 11.6 Å². The van der Waals surface area contributed by atoms with Gasteiger partial charge in [-0.25, -0.2) is 0 Å². The molecule has 0 saturated carbocycles. The van der Waals surface area contributed by atoms with Gasteiger partial charge in [-0.3, -0.25) is 4.79 Å². The molecule has 0 aliphatic carbocycles. The predicted molar refractivity (Wildman–Crippen MR) is 75.4 cm³/mol. The van der Waals surface area contributed by atoms with E-state index in [1.807, 2.05) is 26.0 Å². The molecule has 2 nitrogen and oxygen atoms in total. The van der Waals surface area contributed by atoms with Gasteiger partial charge in [-0.15, -0.1) is 0 Å². The molecule has 1 rings (SSSR count). The first-order chi connectivity index (χ1) is 8.42. The van der Waals surface area contributed by atoms with E-state index >= 15 is 0 Å². The van der Waals surface area contributed by atoms with Gasteiger partial charge in [-0.05, 0) is 55.1 Å². The number of carbonyl (C=O) groups excluding carboxylic acids is 1. The van der Waals surface area contributed by atoms with Crippen LogP contribution in [-0.2, 0) is 4.79 Å². The lowest BCUT2D eigenvalue weighted by atomic mass is 9.89. The third-order valence-corrected chi connectivity index (χ3v) is 3.57. The largest absolute Gasteiger partial charge is 0.494 e. The molecular weight excluding hydrogens is 271 g/mol. The summed E-state index contributed by atoms with van der Waals surface area (Å²) in [5.74, 6) is 0.812. The zero-order valence-corrected chi connectivity index (χ0v) is 12.2. The number of hydrogen-bond acceptors (Lipinski definition) is 2. The van der Waals surface area contributed by atoms with E-state index in [1.165, 1.54) is 0 Å². The van der Waals surface area contributed by atoms with Crippen LogP contribution in [0.1, 0.15) is 33.1 Å². The lowest BCUT2D eigenvalue weighted by Crippen LogP contribution is -2.19. The van der Waals surface area contributed by atoms with E-state index in [1.54, 1.807) is 12.1 Å². The van der Waals surface area contributed by atoms with Crippen LogP contribution in [0.4, 0.5) is 0 Å². The molecule has 1 aromatic rings. The molecule has 0 radical (unpaired) electrons. The van der Waals surface area contributed by atoms with Crippen molar-refractivity contribution in [2.45, 2.75) is 33.1 Å². The summed E-state index contributed by atoms with van der Waals surface area (Å²) in [5, 5.41) is 0.422. The van der Waals surface area contributed by atoms with E-state index in [9.17, 15) is 4.79 Å². The fourth-order valence-corrected chi connectivity index (χ4v) is 1.71. The Morgan fingerprint density at radius 2 is 1.83 bits per heavy atom. The van der Waals surface area contributed by atoms with Gasteiger partial charge in [-0.2, -0.15) is 0 Å². The molecule has 0 bridgehead atoms. The maximum atomic E-state index is 11.1. The number of halogens is 2. The fourth-order valence-electron chi connectivity index (χ4n) is 1.49. The van der Waals surface area contributed by atoms with E-state index in [4.69, 9.17) is 27.9 Å². The van der Waals surface area contributed by atoms with Gasteiger partial charge in [-0.1, -0.05) is 25.4 Å². The first-order valence-electron chi connectivity index (χ1n) is 6.00. The summed E-state index contributed by atoms with van der Waals surface area (Å²) in [7, 11) is 0. The third kappa shape index (κ3) is 5.28. The second kappa shape index (κ2) is 7.01. The molecule has 0 unspecified atom stereocenters. The summed E-state index contributed by atoms with van der Waals surface area (Å²) in [4.78, 5) is 11.1. The van der Waals surface area contributed by atoms with Gasteiger partial charge in [0, 0.05) is 10.4 Å². The van der Waals surface area contributed by atoms with Gasteiger partial charge < -0.3 is 4.74 Å². The van der Waals surface area contributed by atoms with Crippen LogP contribution in [0.3, 0.4) is 0 Å². The van der Waals surface area contributed by atoms with Crippen LogP contribution in [0.5, 0.6) is 5.75 Å². The molecule has 0 amide bonds. The smallest absolute Gasteiger partial charge is 0.227 e. The van der Waals surface area contributed by atoms with Crippen molar-refractivity contribution in [2.24, 2.45) is 5.41 Å². The van der Waals surface area contributed by atoms with Crippen molar-refractivity contribution in [3.8, 4) is 5.75 Å². The number of benzene rings is 1. The van der Waals surface area contributed by atoms with Crippen LogP contribution in [0.15, 0.2) is 24.3 Å². The Labute approximate surface area is 118 Å². The Morgan fingerprint density at radius 1 is 1.22 bits per heavy atom. The molecule has 0 spiro atoms. The molecule has 0 fully saturated rings. The second-order valence-corrected chi connectivity index (χ2v) is 5.70. The van der Waals surface area contributed by atoms with E-state index in [0.717, 1.165) is 25.0 Å². The van der Waals surface area contributed by atoms with E-state index in [-0.39, 0.29) is 5.24 Å². The molecule has 0 heterocycles. The Morgan fingerprint density at radius 3 is 2.39 bits per heavy atom. The minimum Gasteiger partial charge on any atom is -0.494 e. The van der Waals surface area contributed by atoms with Crippen molar-refractivity contribution >= 4 is 28.4 Å². The zero-order chi connectivity index (χ0) is 13.6. The number of ether oxygens (including phenoxy) is 1. The molecular formula is C14H18Cl2O2. The maximum Gasteiger partial charge on any atom is 0.227 e. The van der Waals surface area contributed by atoms with Crippen LogP contribution in [0.25, 0.3) is 0 Å². The Bertz CT molecular complexity index is 385. The van der Waals surface area contributed by atoms with Crippen molar-refractivity contribution in [3.63, 3.8) is 0 Å². The third-order valence-electron chi connectivity index (χ3n) is 2.81. The van der Waals surface area contributed by atoms with Crippen molar-refractivity contribution in [2.75, 3.05) is 6.61 Å². The molecule has 0 aromatic heterocycles. The first kappa shape index (κ1) is 15.3. The fraction of sp³-hybridized carbons (Fsp3) is 0.500. The predicted octanol–water partition coefficient (Wildman–Crippen LogP) is 4.68. The van der Waals surface area contributed by atoms with Gasteiger partial charge in [0.2, 0.25) is 5.24 Å². The summed E-state index contributed by atoms with van der Waals surface area (Å²) in [6, 6.07) is 7.28. The molecule has 0 aliphatic rings. The van der Waals surface area contributed by atoms with Gasteiger partial charge in [0.15, 0.2) is 0 Å². The van der Waals surface area contributed by atoms with Gasteiger partial charge in [0.25, 0.3) is 0 Å². The summed E-state index contributed by atoms with van der Waals surface area (Å²) in [6.07, 6.45) is 2.59. The maximum absolute atomic E-state index is 11.1. The van der Waals surface area contributed by atoms with Crippen molar-refractivity contribution in [1.82, 2.24) is 0 Å². The highest BCUT2D eigenvalue weighted by molar-refractivity contribution is 6.64. The lowest BCUT2D eigenvalue weighted by molar-refractivity contribution is -0.119. The number of unbranched alkanes of at least 4 members (excludes halogenated alkanes) is 1. The number of rotatable bonds is 7. The molecule has 0 aliphatic heterocycles.